The molecule has 9 nitrogen and oxygen atoms in total. The SMILES string of the molecule is Cn1ncc2c(-c3nc(N)c4c(n3)NC(=O)C4(C)c3ccc(F)cc3)nc(CCC(F)(F)C(F)(F)F)nc21. The van der Waals surface area contributed by atoms with E-state index in [0.717, 1.165) is 0 Å². The lowest BCUT2D eigenvalue weighted by atomic mass is 9.78. The van der Waals surface area contributed by atoms with Gasteiger partial charge in [-0.15, -0.1) is 0 Å². The highest BCUT2D eigenvalue weighted by Crippen LogP contribution is 2.45. The number of nitrogens with zero attached hydrogens (tertiary/aromatic N) is 6. The van der Waals surface area contributed by atoms with Crippen LogP contribution in [0, 0.1) is 5.82 Å². The van der Waals surface area contributed by atoms with Crippen molar-refractivity contribution in [3.8, 4) is 11.5 Å². The van der Waals surface area contributed by atoms with Crippen molar-refractivity contribution in [3.05, 3.63) is 53.2 Å². The first kappa shape index (κ1) is 25.4. The number of carbonyl (C=O) groups excluding carboxylic acids is 1. The topological polar surface area (TPSA) is 124 Å². The van der Waals surface area contributed by atoms with Crippen LogP contribution in [-0.2, 0) is 23.7 Å². The van der Waals surface area contributed by atoms with Gasteiger partial charge in [0.05, 0.1) is 17.1 Å². The Hall–Kier alpha value is -4.30. The number of hydrogen-bond acceptors (Lipinski definition) is 7. The van der Waals surface area contributed by atoms with Gasteiger partial charge < -0.3 is 11.1 Å². The van der Waals surface area contributed by atoms with Gasteiger partial charge in [-0.3, -0.25) is 9.48 Å². The highest BCUT2D eigenvalue weighted by Gasteiger charge is 2.56. The Morgan fingerprint density at radius 2 is 1.74 bits per heavy atom. The molecule has 198 valence electrons. The van der Waals surface area contributed by atoms with Crippen molar-refractivity contribution in [3.63, 3.8) is 0 Å². The average molecular weight is 536 g/mol. The standard InChI is InChI=1S/C23H18F6N8O/c1-21(10-3-5-11(24)6-4-10)14-16(30)34-18(35-17(14)36-20(21)38)15-12-9-31-37(2)19(12)33-13(32-15)7-8-22(25,26)23(27,28)29/h3-6,9H,7-8H2,1-2H3,(H3,30,34,35,36,38). The third-order valence-electron chi connectivity index (χ3n) is 6.47. The zero-order chi connectivity index (χ0) is 27.6. The lowest BCUT2D eigenvalue weighted by Crippen LogP contribution is -2.36. The summed E-state index contributed by atoms with van der Waals surface area (Å²) in [5, 5.41) is 6.96. The number of aromatic nitrogens is 6. The molecular formula is C23H18F6N8O. The molecule has 4 aromatic rings. The Balaban J connectivity index is 1.61. The van der Waals surface area contributed by atoms with Crippen LogP contribution < -0.4 is 11.1 Å². The molecule has 4 heterocycles. The zero-order valence-corrected chi connectivity index (χ0v) is 19.7. The van der Waals surface area contributed by atoms with E-state index in [1.54, 1.807) is 6.92 Å². The highest BCUT2D eigenvalue weighted by atomic mass is 19.4. The van der Waals surface area contributed by atoms with Gasteiger partial charge in [0, 0.05) is 19.9 Å². The number of nitrogens with one attached hydrogen (secondary N) is 1. The van der Waals surface area contributed by atoms with E-state index in [0.29, 0.717) is 5.56 Å². The first-order valence-corrected chi connectivity index (χ1v) is 11.1. The molecule has 3 aromatic heterocycles. The van der Waals surface area contributed by atoms with Crippen LogP contribution in [0.4, 0.5) is 38.0 Å². The maximum absolute atomic E-state index is 13.5. The fraction of sp³-hybridized carbons (Fsp3) is 0.304. The minimum Gasteiger partial charge on any atom is -0.383 e. The largest absolute Gasteiger partial charge is 0.453 e. The van der Waals surface area contributed by atoms with Gasteiger partial charge in [-0.25, -0.2) is 24.3 Å². The molecule has 1 aliphatic rings. The molecule has 1 unspecified atom stereocenters. The highest BCUT2D eigenvalue weighted by molar-refractivity contribution is 6.09. The summed E-state index contributed by atoms with van der Waals surface area (Å²) in [5.74, 6) is -6.45. The number of aryl methyl sites for hydroxylation is 2. The fourth-order valence-corrected chi connectivity index (χ4v) is 4.33. The Labute approximate surface area is 210 Å². The van der Waals surface area contributed by atoms with E-state index in [-0.39, 0.29) is 45.6 Å². The smallest absolute Gasteiger partial charge is 0.383 e. The van der Waals surface area contributed by atoms with Crippen LogP contribution in [0.5, 0.6) is 0 Å². The number of hydrogen-bond donors (Lipinski definition) is 2. The molecule has 0 saturated heterocycles. The number of nitrogen functional groups attached to an aromatic ring is 1. The molecule has 0 spiro atoms. The van der Waals surface area contributed by atoms with E-state index in [1.807, 2.05) is 0 Å². The molecule has 1 amide bonds. The molecule has 0 fully saturated rings. The number of anilines is 2. The van der Waals surface area contributed by atoms with Crippen LogP contribution in [-0.4, -0.2) is 47.7 Å². The van der Waals surface area contributed by atoms with Gasteiger partial charge in [-0.2, -0.15) is 27.1 Å². The molecule has 0 radical (unpaired) electrons. The van der Waals surface area contributed by atoms with E-state index in [1.165, 1.54) is 42.2 Å². The van der Waals surface area contributed by atoms with E-state index in [2.05, 4.69) is 30.4 Å². The lowest BCUT2D eigenvalue weighted by molar-refractivity contribution is -0.284. The van der Waals surface area contributed by atoms with Gasteiger partial charge >= 0.3 is 12.1 Å². The second kappa shape index (κ2) is 8.36. The van der Waals surface area contributed by atoms with Crippen molar-refractivity contribution in [2.75, 3.05) is 11.1 Å². The molecule has 15 heteroatoms. The van der Waals surface area contributed by atoms with E-state index in [4.69, 9.17) is 5.73 Å². The van der Waals surface area contributed by atoms with Gasteiger partial charge in [-0.05, 0) is 24.6 Å². The first-order valence-electron chi connectivity index (χ1n) is 11.1. The summed E-state index contributed by atoms with van der Waals surface area (Å²) in [5.41, 5.74) is 5.70. The first-order chi connectivity index (χ1) is 17.7. The number of amides is 1. The Bertz CT molecular complexity index is 1580. The number of carbonyl (C=O) groups is 1. The van der Waals surface area contributed by atoms with Crippen molar-refractivity contribution in [1.29, 1.82) is 0 Å². The molecule has 1 aliphatic heterocycles. The molecule has 3 N–H and O–H groups in total. The quantitative estimate of drug-likeness (QED) is 0.371. The van der Waals surface area contributed by atoms with Crippen LogP contribution in [0.25, 0.3) is 22.6 Å². The molecule has 38 heavy (non-hydrogen) atoms. The number of benzene rings is 1. The van der Waals surface area contributed by atoms with Crippen LogP contribution >= 0.6 is 0 Å². The minimum atomic E-state index is -5.72. The normalized spacial score (nSPS) is 17.6. The third-order valence-corrected chi connectivity index (χ3v) is 6.47. The minimum absolute atomic E-state index is 0.0208. The zero-order valence-electron chi connectivity index (χ0n) is 19.7. The average Bonchev–Trinajstić information content (AvgIpc) is 3.34. The second-order valence-electron chi connectivity index (χ2n) is 8.94. The van der Waals surface area contributed by atoms with Crippen LogP contribution in [0.1, 0.15) is 30.3 Å². The van der Waals surface area contributed by atoms with Gasteiger partial charge in [0.1, 0.15) is 34.4 Å². The lowest BCUT2D eigenvalue weighted by Gasteiger charge is -2.23. The third kappa shape index (κ3) is 3.88. The molecule has 0 bridgehead atoms. The van der Waals surface area contributed by atoms with E-state index >= 15 is 0 Å². The maximum Gasteiger partial charge on any atom is 0.453 e. The molecule has 1 atom stereocenters. The molecule has 0 aliphatic carbocycles. The van der Waals surface area contributed by atoms with Gasteiger partial charge in [0.25, 0.3) is 0 Å². The van der Waals surface area contributed by atoms with Gasteiger partial charge in [-0.1, -0.05) is 12.1 Å². The number of halogens is 6. The monoisotopic (exact) mass is 536 g/mol. The van der Waals surface area contributed by atoms with E-state index < -0.39 is 42.1 Å². The number of fused-ring (bicyclic) bond motifs is 2. The van der Waals surface area contributed by atoms with Crippen molar-refractivity contribution in [2.24, 2.45) is 7.05 Å². The summed E-state index contributed by atoms with van der Waals surface area (Å²) in [6.45, 7) is 1.57. The van der Waals surface area contributed by atoms with Crippen molar-refractivity contribution >= 4 is 28.6 Å². The summed E-state index contributed by atoms with van der Waals surface area (Å²) in [6.07, 6.45) is -6.74. The number of rotatable bonds is 5. The Morgan fingerprint density at radius 1 is 1.05 bits per heavy atom. The Kier molecular flexibility index (Phi) is 5.58. The summed E-state index contributed by atoms with van der Waals surface area (Å²) < 4.78 is 79.9. The summed E-state index contributed by atoms with van der Waals surface area (Å²) in [4.78, 5) is 29.9. The molecule has 1 aromatic carbocycles. The summed E-state index contributed by atoms with van der Waals surface area (Å²) in [7, 11) is 1.50. The second-order valence-corrected chi connectivity index (χ2v) is 8.94. The van der Waals surface area contributed by atoms with Gasteiger partial charge in [0.2, 0.25) is 5.91 Å². The molecule has 5 rings (SSSR count). The Morgan fingerprint density at radius 3 is 2.39 bits per heavy atom. The maximum atomic E-state index is 13.5. The van der Waals surface area contributed by atoms with E-state index in [9.17, 15) is 31.1 Å². The predicted molar refractivity (Wildman–Crippen MR) is 123 cm³/mol. The fourth-order valence-electron chi connectivity index (χ4n) is 4.33. The molecular weight excluding hydrogens is 518 g/mol. The van der Waals surface area contributed by atoms with Crippen LogP contribution in [0.15, 0.2) is 30.5 Å². The van der Waals surface area contributed by atoms with Crippen molar-refractivity contribution < 1.29 is 31.1 Å². The number of nitrogens with two attached hydrogens (primary N) is 1. The van der Waals surface area contributed by atoms with Crippen molar-refractivity contribution in [1.82, 2.24) is 29.7 Å². The summed E-state index contributed by atoms with van der Waals surface area (Å²) >= 11 is 0. The molecule has 0 saturated carbocycles. The van der Waals surface area contributed by atoms with Crippen molar-refractivity contribution in [2.45, 2.75) is 37.3 Å². The predicted octanol–water partition coefficient (Wildman–Crippen LogP) is 3.93. The number of alkyl halides is 5. The van der Waals surface area contributed by atoms with Crippen LogP contribution in [0.2, 0.25) is 0 Å². The summed E-state index contributed by atoms with van der Waals surface area (Å²) in [6, 6.07) is 5.26. The van der Waals surface area contributed by atoms with Gasteiger partial charge in [0.15, 0.2) is 11.5 Å². The van der Waals surface area contributed by atoms with Crippen LogP contribution in [0.3, 0.4) is 0 Å².